The van der Waals surface area contributed by atoms with Gasteiger partial charge in [0.05, 0.1) is 19.1 Å². The van der Waals surface area contributed by atoms with E-state index in [1.54, 1.807) is 42.5 Å². The molecular weight excluding hydrogens is 751 g/mol. The molecule has 16 nitrogen and oxygen atoms in total. The highest BCUT2D eigenvalue weighted by molar-refractivity contribution is 7.85. The van der Waals surface area contributed by atoms with Gasteiger partial charge in [0.1, 0.15) is 30.4 Å². The maximum atomic E-state index is 13.6. The number of carboxylic acid groups (broad SMARTS) is 1. The molecule has 0 heterocycles. The highest BCUT2D eigenvalue weighted by atomic mass is 32.2. The summed E-state index contributed by atoms with van der Waals surface area (Å²) in [6.45, 7) is -0.764. The van der Waals surface area contributed by atoms with E-state index >= 15 is 0 Å². The molecular formula is C39H45N3O13S. The summed E-state index contributed by atoms with van der Waals surface area (Å²) in [4.78, 5) is 88.0. The highest BCUT2D eigenvalue weighted by Crippen LogP contribution is 2.18. The van der Waals surface area contributed by atoms with Crippen LogP contribution in [0.25, 0.3) is 0 Å². The van der Waals surface area contributed by atoms with Gasteiger partial charge < -0.3 is 36.1 Å². The van der Waals surface area contributed by atoms with Crippen molar-refractivity contribution in [1.29, 1.82) is 0 Å². The minimum atomic E-state index is -4.31. The van der Waals surface area contributed by atoms with Crippen LogP contribution in [0.5, 0.6) is 5.75 Å². The van der Waals surface area contributed by atoms with Gasteiger partial charge in [-0.05, 0) is 53.6 Å². The third-order valence-corrected chi connectivity index (χ3v) is 9.27. The zero-order chi connectivity index (χ0) is 41.3. The molecule has 7 N–H and O–H groups in total. The smallest absolute Gasteiger partial charge is 0.305 e. The van der Waals surface area contributed by atoms with E-state index in [0.717, 1.165) is 5.56 Å². The number of amides is 3. The number of benzene rings is 3. The average molecular weight is 796 g/mol. The van der Waals surface area contributed by atoms with Gasteiger partial charge in [-0.1, -0.05) is 66.7 Å². The van der Waals surface area contributed by atoms with Gasteiger partial charge in [0.2, 0.25) is 17.7 Å². The molecule has 3 aromatic carbocycles. The van der Waals surface area contributed by atoms with Gasteiger partial charge in [0.15, 0.2) is 11.6 Å². The molecule has 17 heteroatoms. The molecule has 0 aliphatic carbocycles. The van der Waals surface area contributed by atoms with Gasteiger partial charge in [-0.15, -0.1) is 0 Å². The normalized spacial score (nSPS) is 13.4. The second kappa shape index (κ2) is 21.9. The van der Waals surface area contributed by atoms with Crippen LogP contribution in [0.3, 0.4) is 0 Å². The Balaban J connectivity index is 1.64. The first-order valence-corrected chi connectivity index (χ1v) is 19.1. The molecule has 0 saturated carbocycles. The van der Waals surface area contributed by atoms with Crippen molar-refractivity contribution >= 4 is 51.7 Å². The van der Waals surface area contributed by atoms with E-state index in [4.69, 9.17) is 15.0 Å². The number of aliphatic carboxylic acids is 1. The van der Waals surface area contributed by atoms with E-state index in [2.05, 4.69) is 10.6 Å². The standard InChI is InChI=1S/C39H45N3O13S/c40-38(50)30(17-26-10-12-31(44)13-11-26)20-32(45)23-55-15-14-36(47)41-34(21-37(48)49)39(51)42-33(18-27-6-8-28(9-7-27)24-56(52,53)54)35(46)19-29(22-43)16-25-4-2-1-3-5-25/h1-13,22,29-30,33-34,44H,14-21,23-24H2,(H2,40,50)(H,41,47)(H,42,51)(H,48,49)(H,52,53,54)/t29-,30-,33+,34+/m1/s1. The Morgan fingerprint density at radius 1 is 0.750 bits per heavy atom. The molecule has 0 fully saturated rings. The van der Waals surface area contributed by atoms with E-state index in [-0.39, 0.29) is 56.4 Å². The van der Waals surface area contributed by atoms with Crippen molar-refractivity contribution in [3.05, 3.63) is 101 Å². The van der Waals surface area contributed by atoms with Crippen molar-refractivity contribution in [3.63, 3.8) is 0 Å². The summed E-state index contributed by atoms with van der Waals surface area (Å²) in [5.74, 6) is -7.21. The number of ketones is 2. The van der Waals surface area contributed by atoms with Crippen molar-refractivity contribution in [3.8, 4) is 5.75 Å². The van der Waals surface area contributed by atoms with Crippen LogP contribution in [0.15, 0.2) is 78.9 Å². The summed E-state index contributed by atoms with van der Waals surface area (Å²) in [6.07, 6.45) is -0.897. The van der Waals surface area contributed by atoms with Gasteiger partial charge >= 0.3 is 5.97 Å². The van der Waals surface area contributed by atoms with E-state index in [0.29, 0.717) is 17.4 Å². The number of hydrogen-bond acceptors (Lipinski definition) is 11. The third kappa shape index (κ3) is 16.7. The number of ether oxygens (including phenoxy) is 1. The van der Waals surface area contributed by atoms with Crippen molar-refractivity contribution in [2.24, 2.45) is 17.6 Å². The largest absolute Gasteiger partial charge is 0.508 e. The molecule has 0 saturated heterocycles. The number of nitrogens with one attached hydrogen (secondary N) is 2. The van der Waals surface area contributed by atoms with E-state index in [1.165, 1.54) is 36.4 Å². The summed E-state index contributed by atoms with van der Waals surface area (Å²) >= 11 is 0. The van der Waals surface area contributed by atoms with Gasteiger partial charge in [-0.25, -0.2) is 0 Å². The van der Waals surface area contributed by atoms with Crippen LogP contribution < -0.4 is 16.4 Å². The quantitative estimate of drug-likeness (QED) is 0.0404. The van der Waals surface area contributed by atoms with E-state index in [9.17, 15) is 52.2 Å². The summed E-state index contributed by atoms with van der Waals surface area (Å²) in [6, 6.07) is 17.8. The van der Waals surface area contributed by atoms with Gasteiger partial charge in [0.25, 0.3) is 10.1 Å². The van der Waals surface area contributed by atoms with Crippen LogP contribution in [0.4, 0.5) is 0 Å². The fraction of sp³-hybridized carbons (Fsp3) is 0.359. The minimum Gasteiger partial charge on any atom is -0.508 e. The fourth-order valence-corrected chi connectivity index (χ4v) is 6.36. The van der Waals surface area contributed by atoms with Crippen LogP contribution in [0, 0.1) is 11.8 Å². The molecule has 0 aliphatic heterocycles. The number of nitrogens with two attached hydrogens (primary N) is 1. The Kier molecular flexibility index (Phi) is 17.5. The molecule has 0 aromatic heterocycles. The van der Waals surface area contributed by atoms with E-state index < -0.39 is 88.1 Å². The molecule has 300 valence electrons. The van der Waals surface area contributed by atoms with Crippen molar-refractivity contribution in [1.82, 2.24) is 10.6 Å². The van der Waals surface area contributed by atoms with E-state index in [1.807, 2.05) is 0 Å². The van der Waals surface area contributed by atoms with Crippen LogP contribution in [-0.4, -0.2) is 90.0 Å². The predicted molar refractivity (Wildman–Crippen MR) is 200 cm³/mol. The number of rotatable bonds is 25. The van der Waals surface area contributed by atoms with Crippen LogP contribution in [0.1, 0.15) is 47.9 Å². The monoisotopic (exact) mass is 795 g/mol. The molecule has 56 heavy (non-hydrogen) atoms. The van der Waals surface area contributed by atoms with Crippen LogP contribution in [-0.2, 0) is 73.4 Å². The summed E-state index contributed by atoms with van der Waals surface area (Å²) < 4.78 is 37.0. The molecule has 3 amide bonds. The molecule has 0 aliphatic rings. The van der Waals surface area contributed by atoms with Crippen LogP contribution in [0.2, 0.25) is 0 Å². The lowest BCUT2D eigenvalue weighted by atomic mass is 9.91. The van der Waals surface area contributed by atoms with Gasteiger partial charge in [0, 0.05) is 31.1 Å². The number of phenols is 1. The van der Waals surface area contributed by atoms with Crippen molar-refractivity contribution < 1.29 is 61.5 Å². The molecule has 3 aromatic rings. The number of phenolic OH excluding ortho intramolecular Hbond substituents is 1. The number of hydrogen-bond donors (Lipinski definition) is 6. The number of Topliss-reactive ketones (excluding diaryl/α,β-unsaturated/α-hetero) is 2. The lowest BCUT2D eigenvalue weighted by Gasteiger charge is -2.23. The topological polar surface area (TPSA) is 274 Å². The van der Waals surface area contributed by atoms with Gasteiger partial charge in [-0.2, -0.15) is 8.42 Å². The molecule has 0 unspecified atom stereocenters. The summed E-state index contributed by atoms with van der Waals surface area (Å²) in [7, 11) is -4.31. The maximum Gasteiger partial charge on any atom is 0.305 e. The summed E-state index contributed by atoms with van der Waals surface area (Å²) in [5, 5.41) is 23.8. The second-order valence-electron chi connectivity index (χ2n) is 13.3. The minimum absolute atomic E-state index is 0.0346. The highest BCUT2D eigenvalue weighted by Gasteiger charge is 2.30. The molecule has 4 atom stereocenters. The number of aldehydes is 1. The second-order valence-corrected chi connectivity index (χ2v) is 14.8. The SMILES string of the molecule is NC(=O)[C@@H](CC(=O)COCCC(=O)N[C@@H](CC(=O)O)C(=O)N[C@@H](Cc1ccc(CS(=O)(=O)O)cc1)C(=O)C[C@H](C=O)Cc1ccccc1)Cc1ccc(O)cc1. The number of primary amides is 1. The molecule has 0 radical (unpaired) electrons. The zero-order valence-electron chi connectivity index (χ0n) is 30.4. The summed E-state index contributed by atoms with van der Waals surface area (Å²) in [5.41, 5.74) is 7.65. The lowest BCUT2D eigenvalue weighted by Crippen LogP contribution is -2.53. The van der Waals surface area contributed by atoms with Gasteiger partial charge in [-0.3, -0.25) is 33.3 Å². The Morgan fingerprint density at radius 2 is 1.34 bits per heavy atom. The van der Waals surface area contributed by atoms with Crippen molar-refractivity contribution in [2.45, 2.75) is 62.8 Å². The Hall–Kier alpha value is -5.78. The maximum absolute atomic E-state index is 13.6. The predicted octanol–water partition coefficient (Wildman–Crippen LogP) is 1.49. The fourth-order valence-electron chi connectivity index (χ4n) is 5.75. The number of aromatic hydroxyl groups is 1. The number of carbonyl (C=O) groups excluding carboxylic acids is 6. The molecule has 0 bridgehead atoms. The average Bonchev–Trinajstić information content (AvgIpc) is 3.13. The van der Waals surface area contributed by atoms with Crippen molar-refractivity contribution in [2.75, 3.05) is 13.2 Å². The Morgan fingerprint density at radius 3 is 1.93 bits per heavy atom. The first-order chi connectivity index (χ1) is 26.5. The number of carbonyl (C=O) groups is 7. The zero-order valence-corrected chi connectivity index (χ0v) is 31.2. The first-order valence-electron chi connectivity index (χ1n) is 17.5. The Labute approximate surface area is 323 Å². The molecule has 0 spiro atoms. The number of carboxylic acids is 1. The Bertz CT molecular complexity index is 1940. The molecule has 3 rings (SSSR count). The van der Waals surface area contributed by atoms with Crippen LogP contribution >= 0.6 is 0 Å². The lowest BCUT2D eigenvalue weighted by molar-refractivity contribution is -0.141. The first kappa shape index (κ1) is 44.6. The third-order valence-electron chi connectivity index (χ3n) is 8.58.